The SMILES string of the molecule is CC(C)CCC(C)NC(=O)CN(CCO)CC(F)(F)F. The Morgan fingerprint density at radius 1 is 1.25 bits per heavy atom. The predicted octanol–water partition coefficient (Wildman–Crippen LogP) is 1.78. The molecule has 1 amide bonds. The predicted molar refractivity (Wildman–Crippen MR) is 71.3 cm³/mol. The number of nitrogens with one attached hydrogen (secondary N) is 1. The molecule has 0 spiro atoms. The Hall–Kier alpha value is -0.820. The van der Waals surface area contributed by atoms with Gasteiger partial charge in [-0.05, 0) is 25.7 Å². The highest BCUT2D eigenvalue weighted by molar-refractivity contribution is 5.78. The van der Waals surface area contributed by atoms with Crippen LogP contribution in [0.3, 0.4) is 0 Å². The van der Waals surface area contributed by atoms with Gasteiger partial charge in [-0.25, -0.2) is 0 Å². The fourth-order valence-electron chi connectivity index (χ4n) is 1.79. The molecule has 120 valence electrons. The van der Waals surface area contributed by atoms with E-state index in [0.29, 0.717) is 5.92 Å². The minimum Gasteiger partial charge on any atom is -0.395 e. The van der Waals surface area contributed by atoms with Crippen LogP contribution in [0.1, 0.15) is 33.6 Å². The molecule has 0 bridgehead atoms. The van der Waals surface area contributed by atoms with Crippen molar-refractivity contribution in [3.63, 3.8) is 0 Å². The molecule has 2 N–H and O–H groups in total. The van der Waals surface area contributed by atoms with Crippen molar-refractivity contribution in [1.82, 2.24) is 10.2 Å². The van der Waals surface area contributed by atoms with Crippen molar-refractivity contribution in [3.8, 4) is 0 Å². The van der Waals surface area contributed by atoms with Crippen molar-refractivity contribution in [2.24, 2.45) is 5.92 Å². The topological polar surface area (TPSA) is 52.6 Å². The average molecular weight is 298 g/mol. The zero-order valence-electron chi connectivity index (χ0n) is 12.3. The molecule has 0 aromatic rings. The fourth-order valence-corrected chi connectivity index (χ4v) is 1.79. The van der Waals surface area contributed by atoms with Crippen LogP contribution in [0.25, 0.3) is 0 Å². The van der Waals surface area contributed by atoms with E-state index in [4.69, 9.17) is 5.11 Å². The summed E-state index contributed by atoms with van der Waals surface area (Å²) in [4.78, 5) is 12.6. The summed E-state index contributed by atoms with van der Waals surface area (Å²) < 4.78 is 36.9. The number of nitrogens with zero attached hydrogens (tertiary/aromatic N) is 1. The molecular weight excluding hydrogens is 273 g/mol. The summed E-state index contributed by atoms with van der Waals surface area (Å²) in [6.45, 7) is 3.84. The van der Waals surface area contributed by atoms with Gasteiger partial charge in [-0.1, -0.05) is 13.8 Å². The number of carbonyl (C=O) groups is 1. The summed E-state index contributed by atoms with van der Waals surface area (Å²) in [5, 5.41) is 11.4. The van der Waals surface area contributed by atoms with E-state index in [-0.39, 0.29) is 19.1 Å². The number of hydrogen-bond acceptors (Lipinski definition) is 3. The van der Waals surface area contributed by atoms with Gasteiger partial charge in [0.15, 0.2) is 0 Å². The van der Waals surface area contributed by atoms with Gasteiger partial charge < -0.3 is 10.4 Å². The summed E-state index contributed by atoms with van der Waals surface area (Å²) in [7, 11) is 0. The number of hydrogen-bond donors (Lipinski definition) is 2. The third-order valence-electron chi connectivity index (χ3n) is 2.77. The van der Waals surface area contributed by atoms with Crippen LogP contribution in [0.5, 0.6) is 0 Å². The Labute approximate surface area is 118 Å². The molecular formula is C13H25F3N2O2. The summed E-state index contributed by atoms with van der Waals surface area (Å²) in [5.74, 6) is 0.0735. The van der Waals surface area contributed by atoms with Crippen LogP contribution in [0.4, 0.5) is 13.2 Å². The minimum atomic E-state index is -4.38. The first-order chi connectivity index (χ1) is 9.14. The van der Waals surface area contributed by atoms with Crippen molar-refractivity contribution in [1.29, 1.82) is 0 Å². The van der Waals surface area contributed by atoms with E-state index in [9.17, 15) is 18.0 Å². The Morgan fingerprint density at radius 3 is 2.30 bits per heavy atom. The van der Waals surface area contributed by atoms with E-state index in [0.717, 1.165) is 17.7 Å². The Bertz CT molecular complexity index is 283. The summed E-state index contributed by atoms with van der Waals surface area (Å²) >= 11 is 0. The minimum absolute atomic E-state index is 0.0632. The third-order valence-corrected chi connectivity index (χ3v) is 2.77. The number of aliphatic hydroxyl groups is 1. The van der Waals surface area contributed by atoms with E-state index in [1.807, 2.05) is 6.92 Å². The maximum absolute atomic E-state index is 12.3. The van der Waals surface area contributed by atoms with Crippen molar-refractivity contribution >= 4 is 5.91 Å². The molecule has 0 aliphatic rings. The molecule has 0 aromatic carbocycles. The van der Waals surface area contributed by atoms with E-state index >= 15 is 0 Å². The monoisotopic (exact) mass is 298 g/mol. The number of aliphatic hydroxyl groups excluding tert-OH is 1. The van der Waals surface area contributed by atoms with Gasteiger partial charge in [0.05, 0.1) is 19.7 Å². The van der Waals surface area contributed by atoms with E-state index in [1.54, 1.807) is 0 Å². The van der Waals surface area contributed by atoms with Gasteiger partial charge in [0.25, 0.3) is 0 Å². The molecule has 0 aliphatic heterocycles. The molecule has 1 atom stereocenters. The highest BCUT2D eigenvalue weighted by atomic mass is 19.4. The second-order valence-electron chi connectivity index (χ2n) is 5.49. The largest absolute Gasteiger partial charge is 0.401 e. The first-order valence-electron chi connectivity index (χ1n) is 6.83. The second kappa shape index (κ2) is 9.18. The van der Waals surface area contributed by atoms with Crippen LogP contribution >= 0.6 is 0 Å². The molecule has 0 heterocycles. The van der Waals surface area contributed by atoms with Crippen molar-refractivity contribution in [2.75, 3.05) is 26.2 Å². The van der Waals surface area contributed by atoms with Crippen LogP contribution in [-0.4, -0.2) is 54.4 Å². The standard InChI is InChI=1S/C13H25F3N2O2/c1-10(2)4-5-11(3)17-12(20)8-18(6-7-19)9-13(14,15)16/h10-11,19H,4-9H2,1-3H3,(H,17,20). The molecule has 1 unspecified atom stereocenters. The van der Waals surface area contributed by atoms with E-state index < -0.39 is 25.2 Å². The Kier molecular flexibility index (Phi) is 8.80. The lowest BCUT2D eigenvalue weighted by molar-refractivity contribution is -0.149. The van der Waals surface area contributed by atoms with Crippen LogP contribution in [0.2, 0.25) is 0 Å². The van der Waals surface area contributed by atoms with Gasteiger partial charge in [-0.3, -0.25) is 9.69 Å². The van der Waals surface area contributed by atoms with Gasteiger partial charge in [-0.15, -0.1) is 0 Å². The maximum Gasteiger partial charge on any atom is 0.401 e. The number of rotatable bonds is 9. The molecule has 0 aliphatic carbocycles. The van der Waals surface area contributed by atoms with Gasteiger partial charge in [0.1, 0.15) is 0 Å². The zero-order chi connectivity index (χ0) is 15.8. The number of amides is 1. The zero-order valence-corrected chi connectivity index (χ0v) is 12.3. The number of carbonyl (C=O) groups excluding carboxylic acids is 1. The first-order valence-corrected chi connectivity index (χ1v) is 6.83. The normalized spacial score (nSPS) is 13.8. The van der Waals surface area contributed by atoms with Gasteiger partial charge in [0, 0.05) is 12.6 Å². The molecule has 0 radical (unpaired) electrons. The van der Waals surface area contributed by atoms with Gasteiger partial charge in [-0.2, -0.15) is 13.2 Å². The summed E-state index contributed by atoms with van der Waals surface area (Å²) in [6.07, 6.45) is -2.63. The maximum atomic E-state index is 12.3. The smallest absolute Gasteiger partial charge is 0.395 e. The number of alkyl halides is 3. The van der Waals surface area contributed by atoms with Crippen LogP contribution in [0, 0.1) is 5.92 Å². The first kappa shape index (κ1) is 19.2. The molecule has 0 saturated carbocycles. The van der Waals surface area contributed by atoms with Gasteiger partial charge >= 0.3 is 6.18 Å². The quantitative estimate of drug-likeness (QED) is 0.682. The summed E-state index contributed by atoms with van der Waals surface area (Å²) in [6, 6.07) is -0.0632. The summed E-state index contributed by atoms with van der Waals surface area (Å²) in [5.41, 5.74) is 0. The van der Waals surface area contributed by atoms with E-state index in [2.05, 4.69) is 19.2 Å². The third kappa shape index (κ3) is 11.0. The highest BCUT2D eigenvalue weighted by Gasteiger charge is 2.31. The van der Waals surface area contributed by atoms with Gasteiger partial charge in [0.2, 0.25) is 5.91 Å². The molecule has 20 heavy (non-hydrogen) atoms. The Morgan fingerprint density at radius 2 is 1.85 bits per heavy atom. The molecule has 0 fully saturated rings. The van der Waals surface area contributed by atoms with Crippen LogP contribution < -0.4 is 5.32 Å². The lowest BCUT2D eigenvalue weighted by Gasteiger charge is -2.23. The molecule has 0 saturated heterocycles. The molecule has 0 rings (SSSR count). The lowest BCUT2D eigenvalue weighted by atomic mass is 10.0. The van der Waals surface area contributed by atoms with E-state index in [1.165, 1.54) is 0 Å². The lowest BCUT2D eigenvalue weighted by Crippen LogP contribution is -2.45. The highest BCUT2D eigenvalue weighted by Crippen LogP contribution is 2.16. The molecule has 4 nitrogen and oxygen atoms in total. The fraction of sp³-hybridized carbons (Fsp3) is 0.923. The molecule has 7 heteroatoms. The van der Waals surface area contributed by atoms with Crippen LogP contribution in [0.15, 0.2) is 0 Å². The molecule has 0 aromatic heterocycles. The van der Waals surface area contributed by atoms with Crippen molar-refractivity contribution in [2.45, 2.75) is 45.8 Å². The average Bonchev–Trinajstić information content (AvgIpc) is 2.24. The van der Waals surface area contributed by atoms with Crippen LogP contribution in [-0.2, 0) is 4.79 Å². The number of halogens is 3. The van der Waals surface area contributed by atoms with Crippen molar-refractivity contribution < 1.29 is 23.1 Å². The Balaban J connectivity index is 4.18. The second-order valence-corrected chi connectivity index (χ2v) is 5.49. The van der Waals surface area contributed by atoms with Crippen molar-refractivity contribution in [3.05, 3.63) is 0 Å².